The molecule has 16 aromatic carbocycles. The van der Waals surface area contributed by atoms with E-state index in [2.05, 4.69) is 251 Å². The molecule has 0 spiro atoms. The minimum absolute atomic E-state index is 1.20. The summed E-state index contributed by atoms with van der Waals surface area (Å²) < 4.78 is 0. The van der Waals surface area contributed by atoms with Crippen LogP contribution in [0.3, 0.4) is 0 Å². The molecule has 0 aromatic heterocycles. The molecule has 74 heavy (non-hydrogen) atoms. The molecule has 0 heterocycles. The molecule has 0 fully saturated rings. The molecule has 0 saturated carbocycles. The largest absolute Gasteiger partial charge is 0.103 e. The monoisotopic (exact) mass is 938 g/mol. The molecule has 346 valence electrons. The van der Waals surface area contributed by atoms with Crippen molar-refractivity contribution < 1.29 is 0 Å². The van der Waals surface area contributed by atoms with Crippen LogP contribution in [0.5, 0.6) is 0 Å². The molecule has 0 amide bonds. The maximum Gasteiger partial charge on any atom is -0.00988 e. The van der Waals surface area contributed by atoms with Gasteiger partial charge in [0.25, 0.3) is 0 Å². The molecule has 0 saturated heterocycles. The molecule has 0 nitrogen and oxygen atoms in total. The van der Waals surface area contributed by atoms with Crippen LogP contribution < -0.4 is 0 Å². The maximum absolute atomic E-state index is 3.95. The smallest absolute Gasteiger partial charge is 0.00988 e. The van der Waals surface area contributed by atoms with Crippen LogP contribution in [0.1, 0.15) is 18.1 Å². The highest BCUT2D eigenvalue weighted by Crippen LogP contribution is 2.38. The van der Waals surface area contributed by atoms with Crippen LogP contribution >= 0.6 is 0 Å². The van der Waals surface area contributed by atoms with Gasteiger partial charge < -0.3 is 0 Å². The van der Waals surface area contributed by atoms with Crippen molar-refractivity contribution in [1.82, 2.24) is 0 Å². The number of hydrogen-bond donors (Lipinski definition) is 0. The summed E-state index contributed by atoms with van der Waals surface area (Å²) in [4.78, 5) is 0. The van der Waals surface area contributed by atoms with Gasteiger partial charge in [0, 0.05) is 0 Å². The van der Waals surface area contributed by atoms with Crippen LogP contribution in [0.4, 0.5) is 0 Å². The van der Waals surface area contributed by atoms with E-state index in [4.69, 9.17) is 0 Å². The summed E-state index contributed by atoms with van der Waals surface area (Å²) in [5, 5.41) is 36.1. The van der Waals surface area contributed by atoms with Crippen molar-refractivity contribution in [3.8, 4) is 0 Å². The molecule has 0 aliphatic heterocycles. The van der Waals surface area contributed by atoms with Gasteiger partial charge in [-0.1, -0.05) is 116 Å². The molecule has 0 bridgehead atoms. The van der Waals surface area contributed by atoms with Gasteiger partial charge in [0.15, 0.2) is 0 Å². The van der Waals surface area contributed by atoms with Gasteiger partial charge in [-0.2, -0.15) is 0 Å². The topological polar surface area (TPSA) is 0 Å². The van der Waals surface area contributed by atoms with Crippen molar-refractivity contribution >= 4 is 157 Å². The van der Waals surface area contributed by atoms with E-state index < -0.39 is 0 Å². The van der Waals surface area contributed by atoms with Crippen LogP contribution in [0.25, 0.3) is 157 Å². The highest BCUT2D eigenvalue weighted by Gasteiger charge is 2.11. The van der Waals surface area contributed by atoms with E-state index in [0.29, 0.717) is 0 Å². The lowest BCUT2D eigenvalue weighted by molar-refractivity contribution is 1.51. The van der Waals surface area contributed by atoms with E-state index in [9.17, 15) is 0 Å². The molecule has 0 unspecified atom stereocenters. The van der Waals surface area contributed by atoms with Gasteiger partial charge in [-0.3, -0.25) is 0 Å². The van der Waals surface area contributed by atoms with Crippen LogP contribution in [0, 0.1) is 6.92 Å². The van der Waals surface area contributed by atoms with Crippen LogP contribution in [0.2, 0.25) is 0 Å². The maximum atomic E-state index is 3.95. The van der Waals surface area contributed by atoms with Crippen molar-refractivity contribution in [2.75, 3.05) is 0 Å². The lowest BCUT2D eigenvalue weighted by Gasteiger charge is -2.11. The third-order valence-corrected chi connectivity index (χ3v) is 15.6. The highest BCUT2D eigenvalue weighted by molar-refractivity contribution is 6.19. The SMILES string of the molecule is C=CC.C=Cc1ccc2cc3cc4cc5cc6ccccc6cc5cc4cc3cc2c1C.c1ccc2cc3cc4cc5cc6cc7c(ccc8cc9cc%10ccccc%10cc9cc87)cc6cc5cc4cc3cc2c1. The molecule has 16 aromatic rings. The summed E-state index contributed by atoms with van der Waals surface area (Å²) in [5.41, 5.74) is 2.50. The van der Waals surface area contributed by atoms with Gasteiger partial charge in [-0.05, 0) is 309 Å². The van der Waals surface area contributed by atoms with E-state index >= 15 is 0 Å². The predicted octanol–water partition coefficient (Wildman–Crippen LogP) is 21.7. The Bertz CT molecular complexity index is 5030. The standard InChI is InChI=1S/C42H24.C29H20.C3H6/c1-2-7-27-13-33-18-36-21-38-22-40-24-42-30(16-34(40)19-37(38)20-35(36)17-32(33)12-26(27)6-1)10-9-29-15-31-11-25-5-3-4-8-28(25)14-39(31)23-41(29)42;1-3-19-8-9-22-12-25-15-26-13-23-10-20-6-4-5-7-21(20)11-24(23)14-27(26)16-28(25)17-29(22)18(19)2;1-3-2/h1-24H;3-17H,1H2,2H3;3H,1H2,2H3. The number of rotatable bonds is 1. The van der Waals surface area contributed by atoms with E-state index in [1.165, 1.54) is 162 Å². The van der Waals surface area contributed by atoms with Gasteiger partial charge in [0.1, 0.15) is 0 Å². The molecule has 0 atom stereocenters. The first-order valence-electron chi connectivity index (χ1n) is 25.7. The van der Waals surface area contributed by atoms with E-state index in [0.717, 1.165) is 0 Å². The number of aryl methyl sites for hydroxylation is 1. The Hall–Kier alpha value is -9.36. The molecule has 0 aliphatic carbocycles. The van der Waals surface area contributed by atoms with E-state index in [1.54, 1.807) is 6.08 Å². The van der Waals surface area contributed by atoms with Gasteiger partial charge in [-0.15, -0.1) is 6.58 Å². The highest BCUT2D eigenvalue weighted by atomic mass is 14.1. The minimum atomic E-state index is 1.20. The average Bonchev–Trinajstić information content (AvgIpc) is 3.44. The van der Waals surface area contributed by atoms with Gasteiger partial charge in [0.05, 0.1) is 0 Å². The lowest BCUT2D eigenvalue weighted by atomic mass is 9.93. The van der Waals surface area contributed by atoms with Crippen molar-refractivity contribution in [2.45, 2.75) is 13.8 Å². The number of fused-ring (bicyclic) bond motifs is 15. The zero-order valence-corrected chi connectivity index (χ0v) is 41.5. The van der Waals surface area contributed by atoms with Crippen LogP contribution in [0.15, 0.2) is 250 Å². The Morgan fingerprint density at radius 3 is 0.676 bits per heavy atom. The normalized spacial score (nSPS) is 11.8. The molecule has 0 aliphatic rings. The second-order valence-corrected chi connectivity index (χ2v) is 20.3. The molecule has 0 N–H and O–H groups in total. The van der Waals surface area contributed by atoms with Crippen LogP contribution in [-0.4, -0.2) is 0 Å². The Kier molecular flexibility index (Phi) is 10.1. The fourth-order valence-corrected chi connectivity index (χ4v) is 11.9. The molecular formula is C74H50. The first-order valence-corrected chi connectivity index (χ1v) is 25.7. The van der Waals surface area contributed by atoms with Gasteiger partial charge in [0.2, 0.25) is 0 Å². The molecule has 0 radical (unpaired) electrons. The summed E-state index contributed by atoms with van der Waals surface area (Å²) in [6.07, 6.45) is 3.69. The Morgan fingerprint density at radius 2 is 0.419 bits per heavy atom. The fraction of sp³-hybridized carbons (Fsp3) is 0.0270. The van der Waals surface area contributed by atoms with Crippen molar-refractivity contribution in [2.24, 2.45) is 0 Å². The zero-order chi connectivity index (χ0) is 49.6. The van der Waals surface area contributed by atoms with Gasteiger partial charge >= 0.3 is 0 Å². The minimum Gasteiger partial charge on any atom is -0.103 e. The zero-order valence-electron chi connectivity index (χ0n) is 41.5. The number of allylic oxidation sites excluding steroid dienone is 1. The Labute approximate surface area is 429 Å². The lowest BCUT2D eigenvalue weighted by Crippen LogP contribution is -1.85. The van der Waals surface area contributed by atoms with Crippen molar-refractivity contribution in [3.05, 3.63) is 261 Å². The summed E-state index contributed by atoms with van der Waals surface area (Å²) in [5.74, 6) is 0. The molecule has 16 rings (SSSR count). The third kappa shape index (κ3) is 7.38. The van der Waals surface area contributed by atoms with Crippen LogP contribution in [-0.2, 0) is 0 Å². The van der Waals surface area contributed by atoms with Gasteiger partial charge in [-0.25, -0.2) is 0 Å². The summed E-state index contributed by atoms with van der Waals surface area (Å²) in [7, 11) is 0. The second-order valence-electron chi connectivity index (χ2n) is 20.3. The quantitative estimate of drug-likeness (QED) is 0.0874. The first kappa shape index (κ1) is 43.4. The number of hydrogen-bond acceptors (Lipinski definition) is 0. The first-order chi connectivity index (χ1) is 36.3. The predicted molar refractivity (Wildman–Crippen MR) is 329 cm³/mol. The Morgan fingerprint density at radius 1 is 0.230 bits per heavy atom. The fourth-order valence-electron chi connectivity index (χ4n) is 11.9. The van der Waals surface area contributed by atoms with Crippen molar-refractivity contribution in [1.29, 1.82) is 0 Å². The third-order valence-electron chi connectivity index (χ3n) is 15.6. The van der Waals surface area contributed by atoms with E-state index in [1.807, 2.05) is 13.0 Å². The van der Waals surface area contributed by atoms with E-state index in [-0.39, 0.29) is 0 Å². The molecular weight excluding hydrogens is 889 g/mol. The Balaban J connectivity index is 0.000000138. The average molecular weight is 939 g/mol. The number of benzene rings is 16. The summed E-state index contributed by atoms with van der Waals surface area (Å²) in [6.45, 7) is 11.4. The molecule has 0 heteroatoms. The summed E-state index contributed by atoms with van der Waals surface area (Å²) in [6, 6.07) is 86.3. The second kappa shape index (κ2) is 17.2. The summed E-state index contributed by atoms with van der Waals surface area (Å²) >= 11 is 0. The van der Waals surface area contributed by atoms with Crippen molar-refractivity contribution in [3.63, 3.8) is 0 Å².